The Morgan fingerprint density at radius 1 is 1.03 bits per heavy atom. The number of nitrogens with one attached hydrogen (secondary N) is 1. The molecule has 1 unspecified atom stereocenters. The summed E-state index contributed by atoms with van der Waals surface area (Å²) < 4.78 is 10.2. The molecule has 8 nitrogen and oxygen atoms in total. The normalized spacial score (nSPS) is 16.4. The van der Waals surface area contributed by atoms with Gasteiger partial charge in [0.1, 0.15) is 11.0 Å². The molecule has 0 aliphatic carbocycles. The van der Waals surface area contributed by atoms with Crippen molar-refractivity contribution in [3.63, 3.8) is 0 Å². The number of carbonyl (C=O) groups is 3. The van der Waals surface area contributed by atoms with E-state index in [9.17, 15) is 14.4 Å². The lowest BCUT2D eigenvalue weighted by Gasteiger charge is -2.32. The van der Waals surface area contributed by atoms with Crippen molar-refractivity contribution in [1.29, 1.82) is 0 Å². The fraction of sp³-hybridized carbons (Fsp3) is 0.214. The van der Waals surface area contributed by atoms with Crippen molar-refractivity contribution in [2.75, 3.05) is 19.0 Å². The van der Waals surface area contributed by atoms with Crippen LogP contribution in [0.25, 0.3) is 0 Å². The summed E-state index contributed by atoms with van der Waals surface area (Å²) in [5, 5.41) is 2.63. The van der Waals surface area contributed by atoms with Crippen LogP contribution in [0.1, 0.15) is 29.3 Å². The number of aliphatic imine (C=N–C) groups is 1. The van der Waals surface area contributed by atoms with Crippen LogP contribution in [0.3, 0.4) is 0 Å². The molecule has 4 rings (SSSR count). The molecule has 1 atom stereocenters. The van der Waals surface area contributed by atoms with Gasteiger partial charge >= 0.3 is 5.97 Å². The Bertz CT molecular complexity index is 1280. The molecule has 1 saturated heterocycles. The number of rotatable bonds is 8. The van der Waals surface area contributed by atoms with Gasteiger partial charge in [-0.1, -0.05) is 42.1 Å². The molecule has 1 aliphatic heterocycles. The van der Waals surface area contributed by atoms with Crippen LogP contribution in [0.5, 0.6) is 5.75 Å². The molecule has 0 spiro atoms. The molecular weight excluding hydrogens is 490 g/mol. The zero-order valence-corrected chi connectivity index (χ0v) is 21.4. The predicted molar refractivity (Wildman–Crippen MR) is 144 cm³/mol. The van der Waals surface area contributed by atoms with Crippen LogP contribution >= 0.6 is 11.8 Å². The standard InChI is InChI=1S/C28H27N3O5S/c1-3-36-27(34)20-9-11-22(12-10-20)30-28-31(18-19-7-5-4-6-8-19)25(32)17-24(37-28)26(33)29-21-13-15-23(35-2)16-14-21/h4-16,24H,3,17-18H2,1-2H3,(H,29,33). The lowest BCUT2D eigenvalue weighted by molar-refractivity contribution is -0.129. The third kappa shape index (κ3) is 6.77. The van der Waals surface area contributed by atoms with E-state index < -0.39 is 11.2 Å². The predicted octanol–water partition coefficient (Wildman–Crippen LogP) is 5.03. The molecule has 1 heterocycles. The summed E-state index contributed by atoms with van der Waals surface area (Å²) in [7, 11) is 1.57. The van der Waals surface area contributed by atoms with E-state index in [0.717, 1.165) is 5.56 Å². The van der Waals surface area contributed by atoms with Gasteiger partial charge in [-0.15, -0.1) is 0 Å². The molecule has 0 aromatic heterocycles. The molecule has 3 aromatic rings. The third-order valence-electron chi connectivity index (χ3n) is 5.58. The first-order valence-corrected chi connectivity index (χ1v) is 12.7. The molecule has 190 valence electrons. The number of hydrogen-bond acceptors (Lipinski definition) is 7. The number of amides is 2. The van der Waals surface area contributed by atoms with Gasteiger partial charge in [-0.25, -0.2) is 9.79 Å². The topological polar surface area (TPSA) is 97.3 Å². The van der Waals surface area contributed by atoms with Crippen LogP contribution in [0, 0.1) is 0 Å². The molecule has 1 aliphatic rings. The smallest absolute Gasteiger partial charge is 0.338 e. The van der Waals surface area contributed by atoms with Gasteiger partial charge in [0, 0.05) is 12.1 Å². The van der Waals surface area contributed by atoms with E-state index in [-0.39, 0.29) is 24.8 Å². The summed E-state index contributed by atoms with van der Waals surface area (Å²) in [6.07, 6.45) is 0.0420. The van der Waals surface area contributed by atoms with Crippen molar-refractivity contribution in [3.8, 4) is 5.75 Å². The summed E-state index contributed by atoms with van der Waals surface area (Å²) in [6, 6.07) is 23.2. The Morgan fingerprint density at radius 2 is 1.73 bits per heavy atom. The van der Waals surface area contributed by atoms with Crippen LogP contribution in [0.15, 0.2) is 83.9 Å². The number of ether oxygens (including phenoxy) is 2. The number of methoxy groups -OCH3 is 1. The monoisotopic (exact) mass is 517 g/mol. The number of esters is 1. The van der Waals surface area contributed by atoms with Gasteiger partial charge in [0.15, 0.2) is 5.17 Å². The summed E-state index contributed by atoms with van der Waals surface area (Å²) in [5.74, 6) is -0.210. The highest BCUT2D eigenvalue weighted by molar-refractivity contribution is 8.15. The maximum absolute atomic E-state index is 13.2. The van der Waals surface area contributed by atoms with E-state index in [1.807, 2.05) is 30.3 Å². The summed E-state index contributed by atoms with van der Waals surface area (Å²) in [4.78, 5) is 44.6. The first-order chi connectivity index (χ1) is 18.0. The second-order valence-electron chi connectivity index (χ2n) is 8.16. The van der Waals surface area contributed by atoms with Gasteiger partial charge in [0.05, 0.1) is 31.5 Å². The van der Waals surface area contributed by atoms with Crippen molar-refractivity contribution >= 4 is 46.1 Å². The summed E-state index contributed by atoms with van der Waals surface area (Å²) >= 11 is 1.24. The van der Waals surface area contributed by atoms with Crippen LogP contribution < -0.4 is 10.1 Å². The molecule has 1 fully saturated rings. The highest BCUT2D eigenvalue weighted by Crippen LogP contribution is 2.31. The van der Waals surface area contributed by atoms with Gasteiger partial charge < -0.3 is 14.8 Å². The van der Waals surface area contributed by atoms with Crippen LogP contribution in [0.2, 0.25) is 0 Å². The second-order valence-corrected chi connectivity index (χ2v) is 9.33. The van der Waals surface area contributed by atoms with Crippen molar-refractivity contribution in [3.05, 3.63) is 90.0 Å². The minimum absolute atomic E-state index is 0.0420. The average Bonchev–Trinajstić information content (AvgIpc) is 2.92. The minimum atomic E-state index is -0.654. The van der Waals surface area contributed by atoms with Gasteiger partial charge in [0.2, 0.25) is 11.8 Å². The Hall–Kier alpha value is -4.11. The number of benzene rings is 3. The molecule has 2 amide bonds. The number of hydrogen-bond donors (Lipinski definition) is 1. The van der Waals surface area contributed by atoms with Gasteiger partial charge in [-0.05, 0) is 61.0 Å². The first kappa shape index (κ1) is 26.0. The Kier molecular flexibility index (Phi) is 8.58. The fourth-order valence-corrected chi connectivity index (χ4v) is 4.75. The van der Waals surface area contributed by atoms with Gasteiger partial charge in [-0.2, -0.15) is 0 Å². The molecule has 0 saturated carbocycles. The fourth-order valence-electron chi connectivity index (χ4n) is 3.66. The van der Waals surface area contributed by atoms with Crippen LogP contribution in [-0.4, -0.2) is 46.8 Å². The van der Waals surface area contributed by atoms with E-state index in [1.165, 1.54) is 11.8 Å². The molecule has 9 heteroatoms. The number of amidine groups is 1. The van der Waals surface area contributed by atoms with E-state index in [4.69, 9.17) is 14.5 Å². The molecule has 0 radical (unpaired) electrons. The molecule has 3 aromatic carbocycles. The van der Waals surface area contributed by atoms with Crippen molar-refractivity contribution in [2.45, 2.75) is 25.1 Å². The van der Waals surface area contributed by atoms with Crippen LogP contribution in [-0.2, 0) is 20.9 Å². The SMILES string of the molecule is CCOC(=O)c1ccc(N=C2SC(C(=O)Nc3ccc(OC)cc3)CC(=O)N2Cc2ccccc2)cc1. The molecular formula is C28H27N3O5S. The zero-order valence-electron chi connectivity index (χ0n) is 20.5. The van der Waals surface area contributed by atoms with Gasteiger partial charge in [-0.3, -0.25) is 14.5 Å². The number of carbonyl (C=O) groups excluding carboxylic acids is 3. The first-order valence-electron chi connectivity index (χ1n) is 11.8. The lowest BCUT2D eigenvalue weighted by atomic mass is 10.2. The van der Waals surface area contributed by atoms with E-state index in [2.05, 4.69) is 5.32 Å². The molecule has 37 heavy (non-hydrogen) atoms. The lowest BCUT2D eigenvalue weighted by Crippen LogP contribution is -2.44. The average molecular weight is 518 g/mol. The van der Waals surface area contributed by atoms with Crippen molar-refractivity contribution in [2.24, 2.45) is 4.99 Å². The molecule has 0 bridgehead atoms. The highest BCUT2D eigenvalue weighted by Gasteiger charge is 2.36. The van der Waals surface area contributed by atoms with Crippen LogP contribution in [0.4, 0.5) is 11.4 Å². The maximum Gasteiger partial charge on any atom is 0.338 e. The summed E-state index contributed by atoms with van der Waals surface area (Å²) in [5.41, 5.74) is 2.52. The van der Waals surface area contributed by atoms with E-state index >= 15 is 0 Å². The number of anilines is 1. The zero-order chi connectivity index (χ0) is 26.2. The molecule has 1 N–H and O–H groups in total. The number of thioether (sulfide) groups is 1. The second kappa shape index (κ2) is 12.2. The Labute approximate surface area is 219 Å². The maximum atomic E-state index is 13.2. The van der Waals surface area contributed by atoms with Gasteiger partial charge in [0.25, 0.3) is 0 Å². The highest BCUT2D eigenvalue weighted by atomic mass is 32.2. The summed E-state index contributed by atoms with van der Waals surface area (Å²) in [6.45, 7) is 2.37. The van der Waals surface area contributed by atoms with E-state index in [0.29, 0.717) is 34.4 Å². The number of nitrogens with zero attached hydrogens (tertiary/aromatic N) is 2. The third-order valence-corrected chi connectivity index (χ3v) is 6.76. The quantitative estimate of drug-likeness (QED) is 0.421. The van der Waals surface area contributed by atoms with Crippen molar-refractivity contribution in [1.82, 2.24) is 4.90 Å². The Balaban J connectivity index is 1.57. The van der Waals surface area contributed by atoms with Crippen molar-refractivity contribution < 1.29 is 23.9 Å². The minimum Gasteiger partial charge on any atom is -0.497 e. The largest absolute Gasteiger partial charge is 0.497 e. The Morgan fingerprint density at radius 3 is 2.38 bits per heavy atom. The van der Waals surface area contributed by atoms with E-state index in [1.54, 1.807) is 67.5 Å².